The number of aryl methyl sites for hydroxylation is 2. The topological polar surface area (TPSA) is 0 Å². The molecule has 2 aromatic carbocycles. The Bertz CT molecular complexity index is 585. The fraction of sp³-hybridized carbons (Fsp3) is 0.500. The molecule has 0 heterocycles. The molecule has 0 spiro atoms. The van der Waals surface area contributed by atoms with Crippen molar-refractivity contribution in [2.24, 2.45) is 5.92 Å². The minimum atomic E-state index is 0.981. The van der Waals surface area contributed by atoms with Gasteiger partial charge in [0.2, 0.25) is 0 Å². The predicted octanol–water partition coefficient (Wildman–Crippen LogP) is 7.21. The summed E-state index contributed by atoms with van der Waals surface area (Å²) in [6.07, 6.45) is 13.7. The lowest BCUT2D eigenvalue weighted by Crippen LogP contribution is -2.07. The van der Waals surface area contributed by atoms with Crippen LogP contribution in [0.4, 0.5) is 0 Å². The van der Waals surface area contributed by atoms with Crippen LogP contribution in [0.2, 0.25) is 0 Å². The van der Waals surface area contributed by atoms with E-state index in [4.69, 9.17) is 0 Å². The standard InChI is InChI=1S/C24H32/c1-2-3-7-21-12-16-23(17-13-21)24-18-14-22(15-19-24)11-10-20-8-5-4-6-9-20/h12-20H,2-11H2,1H3. The molecule has 24 heavy (non-hydrogen) atoms. The second-order valence-corrected chi connectivity index (χ2v) is 7.54. The summed E-state index contributed by atoms with van der Waals surface area (Å²) in [6.45, 7) is 2.25. The number of rotatable bonds is 7. The van der Waals surface area contributed by atoms with Gasteiger partial charge in [-0.1, -0.05) is 94.0 Å². The molecule has 0 bridgehead atoms. The highest BCUT2D eigenvalue weighted by molar-refractivity contribution is 5.63. The van der Waals surface area contributed by atoms with Gasteiger partial charge < -0.3 is 0 Å². The van der Waals surface area contributed by atoms with Gasteiger partial charge in [0, 0.05) is 0 Å². The molecule has 0 saturated heterocycles. The highest BCUT2D eigenvalue weighted by atomic mass is 14.2. The predicted molar refractivity (Wildman–Crippen MR) is 105 cm³/mol. The molecule has 0 aromatic heterocycles. The Morgan fingerprint density at radius 2 is 1.25 bits per heavy atom. The molecule has 128 valence electrons. The summed E-state index contributed by atoms with van der Waals surface area (Å²) in [5, 5.41) is 0. The molecule has 1 fully saturated rings. The quantitative estimate of drug-likeness (QED) is 0.505. The fourth-order valence-electron chi connectivity index (χ4n) is 3.96. The average molecular weight is 321 g/mol. The van der Waals surface area contributed by atoms with E-state index in [0.29, 0.717) is 0 Å². The molecule has 0 unspecified atom stereocenters. The second kappa shape index (κ2) is 9.06. The largest absolute Gasteiger partial charge is 0.0654 e. The van der Waals surface area contributed by atoms with Gasteiger partial charge in [0.05, 0.1) is 0 Å². The third kappa shape index (κ3) is 4.97. The maximum absolute atomic E-state index is 2.34. The third-order valence-electron chi connectivity index (χ3n) is 5.63. The van der Waals surface area contributed by atoms with Gasteiger partial charge in [0.25, 0.3) is 0 Å². The highest BCUT2D eigenvalue weighted by Gasteiger charge is 2.13. The molecule has 0 N–H and O–H groups in total. The molecule has 1 aliphatic rings. The van der Waals surface area contributed by atoms with E-state index < -0.39 is 0 Å². The number of unbranched alkanes of at least 4 members (excludes halogenated alkanes) is 1. The minimum Gasteiger partial charge on any atom is -0.0654 e. The van der Waals surface area contributed by atoms with E-state index in [1.807, 2.05) is 0 Å². The zero-order valence-electron chi connectivity index (χ0n) is 15.3. The monoisotopic (exact) mass is 320 g/mol. The van der Waals surface area contributed by atoms with Gasteiger partial charge in [0.1, 0.15) is 0 Å². The maximum Gasteiger partial charge on any atom is -0.0184 e. The van der Waals surface area contributed by atoms with Gasteiger partial charge in [-0.25, -0.2) is 0 Å². The van der Waals surface area contributed by atoms with Gasteiger partial charge in [-0.05, 0) is 53.9 Å². The van der Waals surface area contributed by atoms with Crippen molar-refractivity contribution in [3.8, 4) is 11.1 Å². The van der Waals surface area contributed by atoms with Crippen LogP contribution in [-0.4, -0.2) is 0 Å². The Morgan fingerprint density at radius 3 is 1.79 bits per heavy atom. The van der Waals surface area contributed by atoms with E-state index in [-0.39, 0.29) is 0 Å². The Hall–Kier alpha value is -1.56. The van der Waals surface area contributed by atoms with Crippen molar-refractivity contribution in [1.29, 1.82) is 0 Å². The SMILES string of the molecule is CCCCc1ccc(-c2ccc(CCC3CCCCC3)cc2)cc1. The molecule has 1 saturated carbocycles. The van der Waals surface area contributed by atoms with Gasteiger partial charge in [-0.3, -0.25) is 0 Å². The Balaban J connectivity index is 1.55. The summed E-state index contributed by atoms with van der Waals surface area (Å²) in [5.74, 6) is 0.981. The summed E-state index contributed by atoms with van der Waals surface area (Å²) >= 11 is 0. The minimum absolute atomic E-state index is 0.981. The summed E-state index contributed by atoms with van der Waals surface area (Å²) in [7, 11) is 0. The summed E-state index contributed by atoms with van der Waals surface area (Å²) in [4.78, 5) is 0. The van der Waals surface area contributed by atoms with Gasteiger partial charge >= 0.3 is 0 Å². The molecular formula is C24H32. The smallest absolute Gasteiger partial charge is 0.0184 e. The Morgan fingerprint density at radius 1 is 0.708 bits per heavy atom. The molecule has 3 rings (SSSR count). The van der Waals surface area contributed by atoms with Crippen LogP contribution >= 0.6 is 0 Å². The fourth-order valence-corrected chi connectivity index (χ4v) is 3.96. The van der Waals surface area contributed by atoms with Crippen molar-refractivity contribution in [1.82, 2.24) is 0 Å². The van der Waals surface area contributed by atoms with Crippen molar-refractivity contribution >= 4 is 0 Å². The van der Waals surface area contributed by atoms with Crippen LogP contribution in [0.5, 0.6) is 0 Å². The van der Waals surface area contributed by atoms with Crippen molar-refractivity contribution in [2.45, 2.75) is 71.1 Å². The lowest BCUT2D eigenvalue weighted by molar-refractivity contribution is 0.339. The zero-order valence-corrected chi connectivity index (χ0v) is 15.3. The first-order valence-corrected chi connectivity index (χ1v) is 10.0. The third-order valence-corrected chi connectivity index (χ3v) is 5.63. The molecular weight excluding hydrogens is 288 g/mol. The van der Waals surface area contributed by atoms with E-state index in [1.54, 1.807) is 0 Å². The lowest BCUT2D eigenvalue weighted by atomic mass is 9.85. The van der Waals surface area contributed by atoms with Crippen LogP contribution in [0.1, 0.15) is 69.4 Å². The van der Waals surface area contributed by atoms with E-state index in [1.165, 1.54) is 86.5 Å². The van der Waals surface area contributed by atoms with E-state index in [9.17, 15) is 0 Å². The summed E-state index contributed by atoms with van der Waals surface area (Å²) < 4.78 is 0. The van der Waals surface area contributed by atoms with Gasteiger partial charge in [-0.2, -0.15) is 0 Å². The first-order chi connectivity index (χ1) is 11.8. The zero-order chi connectivity index (χ0) is 16.6. The van der Waals surface area contributed by atoms with Crippen LogP contribution in [-0.2, 0) is 12.8 Å². The number of hydrogen-bond donors (Lipinski definition) is 0. The molecule has 0 heteroatoms. The molecule has 0 nitrogen and oxygen atoms in total. The molecule has 1 aliphatic carbocycles. The van der Waals surface area contributed by atoms with Crippen LogP contribution in [0, 0.1) is 5.92 Å². The van der Waals surface area contributed by atoms with Crippen molar-refractivity contribution < 1.29 is 0 Å². The lowest BCUT2D eigenvalue weighted by Gasteiger charge is -2.21. The average Bonchev–Trinajstić information content (AvgIpc) is 2.66. The second-order valence-electron chi connectivity index (χ2n) is 7.54. The van der Waals surface area contributed by atoms with Crippen LogP contribution < -0.4 is 0 Å². The van der Waals surface area contributed by atoms with Crippen molar-refractivity contribution in [3.63, 3.8) is 0 Å². The molecule has 0 aliphatic heterocycles. The highest BCUT2D eigenvalue weighted by Crippen LogP contribution is 2.28. The first-order valence-electron chi connectivity index (χ1n) is 10.0. The van der Waals surface area contributed by atoms with Crippen LogP contribution in [0.15, 0.2) is 48.5 Å². The molecule has 0 radical (unpaired) electrons. The number of benzene rings is 2. The first kappa shape index (κ1) is 17.3. The van der Waals surface area contributed by atoms with Gasteiger partial charge in [0.15, 0.2) is 0 Å². The van der Waals surface area contributed by atoms with Crippen molar-refractivity contribution in [3.05, 3.63) is 59.7 Å². The summed E-state index contributed by atoms with van der Waals surface area (Å²) in [5.41, 5.74) is 5.65. The van der Waals surface area contributed by atoms with Gasteiger partial charge in [-0.15, -0.1) is 0 Å². The molecule has 0 amide bonds. The van der Waals surface area contributed by atoms with E-state index >= 15 is 0 Å². The summed E-state index contributed by atoms with van der Waals surface area (Å²) in [6, 6.07) is 18.4. The number of hydrogen-bond acceptors (Lipinski definition) is 0. The molecule has 2 aromatic rings. The maximum atomic E-state index is 2.34. The van der Waals surface area contributed by atoms with Crippen LogP contribution in [0.25, 0.3) is 11.1 Å². The Kier molecular flexibility index (Phi) is 6.52. The Labute approximate surface area is 148 Å². The molecule has 0 atom stereocenters. The normalized spacial score (nSPS) is 15.5. The van der Waals surface area contributed by atoms with Crippen molar-refractivity contribution in [2.75, 3.05) is 0 Å². The van der Waals surface area contributed by atoms with E-state index in [0.717, 1.165) is 5.92 Å². The van der Waals surface area contributed by atoms with E-state index in [2.05, 4.69) is 55.5 Å². The van der Waals surface area contributed by atoms with Crippen LogP contribution in [0.3, 0.4) is 0 Å².